The zero-order valence-electron chi connectivity index (χ0n) is 16.4. The van der Waals surface area contributed by atoms with Crippen molar-refractivity contribution in [3.8, 4) is 11.5 Å². The number of fused-ring (bicyclic) bond motifs is 3. The number of hydrogen-bond acceptors (Lipinski definition) is 5. The zero-order chi connectivity index (χ0) is 19.7. The summed E-state index contributed by atoms with van der Waals surface area (Å²) in [5.74, 6) is 1.96. The van der Waals surface area contributed by atoms with E-state index in [1.54, 1.807) is 14.2 Å². The van der Waals surface area contributed by atoms with Gasteiger partial charge < -0.3 is 19.5 Å². The number of esters is 1. The molecular weight excluding hydrogens is 354 g/mol. The number of nitrogens with one attached hydrogen (secondary N) is 1. The smallest absolute Gasteiger partial charge is 0.338 e. The minimum Gasteiger partial charge on any atom is -0.497 e. The number of anilines is 1. The summed E-state index contributed by atoms with van der Waals surface area (Å²) in [6.07, 6.45) is 5.44. The molecule has 146 valence electrons. The molecule has 2 aliphatic rings. The third-order valence-electron chi connectivity index (χ3n) is 5.65. The molecule has 0 radical (unpaired) electrons. The van der Waals surface area contributed by atoms with Crippen molar-refractivity contribution in [1.29, 1.82) is 0 Å². The molecule has 0 fully saturated rings. The quantitative estimate of drug-likeness (QED) is 0.602. The molecule has 5 heteroatoms. The first-order valence-corrected chi connectivity index (χ1v) is 9.62. The van der Waals surface area contributed by atoms with Gasteiger partial charge in [0.05, 0.1) is 32.4 Å². The van der Waals surface area contributed by atoms with E-state index in [-0.39, 0.29) is 17.9 Å². The van der Waals surface area contributed by atoms with Gasteiger partial charge in [0.1, 0.15) is 11.5 Å². The van der Waals surface area contributed by atoms with E-state index in [0.29, 0.717) is 18.1 Å². The molecule has 0 amide bonds. The number of benzene rings is 2. The summed E-state index contributed by atoms with van der Waals surface area (Å²) in [7, 11) is 3.37. The maximum Gasteiger partial charge on any atom is 0.338 e. The van der Waals surface area contributed by atoms with Crippen molar-refractivity contribution in [2.75, 3.05) is 26.1 Å². The summed E-state index contributed by atoms with van der Waals surface area (Å²) >= 11 is 0. The number of allylic oxidation sites excluding steroid dienone is 2. The number of rotatable bonds is 5. The minimum atomic E-state index is -0.277. The molecule has 1 aliphatic heterocycles. The lowest BCUT2D eigenvalue weighted by Crippen LogP contribution is -2.29. The highest BCUT2D eigenvalue weighted by Crippen LogP contribution is 2.51. The Kier molecular flexibility index (Phi) is 4.99. The first-order valence-electron chi connectivity index (χ1n) is 9.62. The largest absolute Gasteiger partial charge is 0.497 e. The monoisotopic (exact) mass is 379 g/mol. The maximum atomic E-state index is 12.2. The van der Waals surface area contributed by atoms with Gasteiger partial charge in [0.25, 0.3) is 0 Å². The normalized spacial score (nSPS) is 22.0. The van der Waals surface area contributed by atoms with Crippen molar-refractivity contribution >= 4 is 11.7 Å². The topological polar surface area (TPSA) is 56.8 Å². The van der Waals surface area contributed by atoms with Crippen molar-refractivity contribution in [2.24, 2.45) is 5.92 Å². The lowest BCUT2D eigenvalue weighted by atomic mass is 9.76. The maximum absolute atomic E-state index is 12.2. The molecule has 0 unspecified atom stereocenters. The van der Waals surface area contributed by atoms with Crippen LogP contribution in [0.1, 0.15) is 46.8 Å². The number of ether oxygens (including phenoxy) is 3. The summed E-state index contributed by atoms with van der Waals surface area (Å²) in [6.45, 7) is 2.19. The second kappa shape index (κ2) is 7.58. The summed E-state index contributed by atoms with van der Waals surface area (Å²) < 4.78 is 16.2. The highest BCUT2D eigenvalue weighted by Gasteiger charge is 2.39. The molecule has 3 atom stereocenters. The molecule has 2 aromatic rings. The third kappa shape index (κ3) is 3.11. The molecule has 0 saturated carbocycles. The first-order chi connectivity index (χ1) is 13.7. The van der Waals surface area contributed by atoms with Gasteiger partial charge in [0.2, 0.25) is 0 Å². The fourth-order valence-corrected chi connectivity index (χ4v) is 4.33. The van der Waals surface area contributed by atoms with Crippen LogP contribution < -0.4 is 14.8 Å². The lowest BCUT2D eigenvalue weighted by molar-refractivity contribution is 0.0526. The Labute approximate surface area is 165 Å². The van der Waals surface area contributed by atoms with Crippen LogP contribution in [0.5, 0.6) is 11.5 Å². The van der Waals surface area contributed by atoms with Gasteiger partial charge in [-0.15, -0.1) is 0 Å². The average Bonchev–Trinajstić information content (AvgIpc) is 3.22. The van der Waals surface area contributed by atoms with E-state index >= 15 is 0 Å². The molecule has 5 nitrogen and oxygen atoms in total. The molecule has 1 aliphatic carbocycles. The predicted octanol–water partition coefficient (Wildman–Crippen LogP) is 4.71. The van der Waals surface area contributed by atoms with Crippen LogP contribution in [0.15, 0.2) is 48.6 Å². The Bertz CT molecular complexity index is 921. The van der Waals surface area contributed by atoms with E-state index in [1.807, 2.05) is 43.3 Å². The van der Waals surface area contributed by atoms with E-state index in [2.05, 4.69) is 17.5 Å². The molecule has 4 rings (SSSR count). The summed E-state index contributed by atoms with van der Waals surface area (Å²) in [5, 5.41) is 3.68. The fourth-order valence-electron chi connectivity index (χ4n) is 4.33. The van der Waals surface area contributed by atoms with E-state index in [1.165, 1.54) is 0 Å². The average molecular weight is 379 g/mol. The van der Waals surface area contributed by atoms with Gasteiger partial charge in [-0.1, -0.05) is 12.2 Å². The number of carbonyl (C=O) groups excluding carboxylic acids is 1. The van der Waals surface area contributed by atoms with Gasteiger partial charge in [0.15, 0.2) is 0 Å². The van der Waals surface area contributed by atoms with E-state index in [4.69, 9.17) is 14.2 Å². The van der Waals surface area contributed by atoms with Crippen LogP contribution in [0.25, 0.3) is 0 Å². The Morgan fingerprint density at radius 2 is 1.96 bits per heavy atom. The van der Waals surface area contributed by atoms with Gasteiger partial charge in [-0.2, -0.15) is 0 Å². The van der Waals surface area contributed by atoms with Crippen LogP contribution in [0.2, 0.25) is 0 Å². The molecule has 28 heavy (non-hydrogen) atoms. The lowest BCUT2D eigenvalue weighted by Gasteiger charge is -2.38. The Morgan fingerprint density at radius 3 is 2.71 bits per heavy atom. The highest BCUT2D eigenvalue weighted by atomic mass is 16.5. The molecule has 1 N–H and O–H groups in total. The predicted molar refractivity (Wildman–Crippen MR) is 108 cm³/mol. The molecule has 2 aromatic carbocycles. The second-order valence-electron chi connectivity index (χ2n) is 7.11. The van der Waals surface area contributed by atoms with Crippen molar-refractivity contribution in [2.45, 2.75) is 25.3 Å². The third-order valence-corrected chi connectivity index (χ3v) is 5.65. The van der Waals surface area contributed by atoms with Crippen LogP contribution in [-0.2, 0) is 4.74 Å². The van der Waals surface area contributed by atoms with Gasteiger partial charge in [0, 0.05) is 17.2 Å². The number of carbonyl (C=O) groups is 1. The summed E-state index contributed by atoms with van der Waals surface area (Å²) in [4.78, 5) is 12.2. The Balaban J connectivity index is 1.75. The zero-order valence-corrected chi connectivity index (χ0v) is 16.4. The van der Waals surface area contributed by atoms with E-state index in [9.17, 15) is 4.79 Å². The van der Waals surface area contributed by atoms with E-state index < -0.39 is 0 Å². The van der Waals surface area contributed by atoms with Crippen molar-refractivity contribution in [3.63, 3.8) is 0 Å². The van der Waals surface area contributed by atoms with Crippen LogP contribution in [0.4, 0.5) is 5.69 Å². The Morgan fingerprint density at radius 1 is 1.11 bits per heavy atom. The van der Waals surface area contributed by atoms with Gasteiger partial charge in [-0.25, -0.2) is 4.79 Å². The SMILES string of the molecule is CCOC(=O)c1ccc2c(c1)[C@@H]1C=CC[C@@H]1[C@H](c1cc(OC)ccc1OC)N2. The second-order valence-corrected chi connectivity index (χ2v) is 7.11. The molecule has 0 saturated heterocycles. The molecule has 0 aromatic heterocycles. The summed E-state index contributed by atoms with van der Waals surface area (Å²) in [6, 6.07) is 11.8. The van der Waals surface area contributed by atoms with Crippen LogP contribution in [0, 0.1) is 5.92 Å². The summed E-state index contributed by atoms with van der Waals surface area (Å²) in [5.41, 5.74) is 3.86. The van der Waals surface area contributed by atoms with Crippen molar-refractivity contribution < 1.29 is 19.0 Å². The highest BCUT2D eigenvalue weighted by molar-refractivity contribution is 5.90. The van der Waals surface area contributed by atoms with Crippen molar-refractivity contribution in [1.82, 2.24) is 0 Å². The number of methoxy groups -OCH3 is 2. The van der Waals surface area contributed by atoms with Gasteiger partial charge in [-0.05, 0) is 61.2 Å². The standard InChI is InChI=1S/C23H25NO4/c1-4-28-23(25)14-8-10-20-18(12-14)16-6-5-7-17(16)22(24-20)19-13-15(26-2)9-11-21(19)27-3/h5-6,8-13,16-17,22,24H,4,7H2,1-3H3/t16-,17+,22-/m1/s1. The van der Waals surface area contributed by atoms with Crippen LogP contribution in [-0.4, -0.2) is 26.8 Å². The molecular formula is C23H25NO4. The molecule has 0 bridgehead atoms. The van der Waals surface area contributed by atoms with Crippen LogP contribution >= 0.6 is 0 Å². The fraction of sp³-hybridized carbons (Fsp3) is 0.348. The first kappa shape index (κ1) is 18.4. The minimum absolute atomic E-state index is 0.0889. The number of hydrogen-bond donors (Lipinski definition) is 1. The van der Waals surface area contributed by atoms with Crippen LogP contribution in [0.3, 0.4) is 0 Å². The van der Waals surface area contributed by atoms with Gasteiger partial charge >= 0.3 is 5.97 Å². The van der Waals surface area contributed by atoms with Crippen molar-refractivity contribution in [3.05, 3.63) is 65.2 Å². The Hall–Kier alpha value is -2.95. The molecule has 0 spiro atoms. The molecule has 1 heterocycles. The van der Waals surface area contributed by atoms with E-state index in [0.717, 1.165) is 34.7 Å². The van der Waals surface area contributed by atoms with Gasteiger partial charge in [-0.3, -0.25) is 0 Å².